The Hall–Kier alpha value is -1.23. The van der Waals surface area contributed by atoms with E-state index in [4.69, 9.17) is 4.74 Å². The van der Waals surface area contributed by atoms with Gasteiger partial charge in [-0.3, -0.25) is 4.79 Å². The minimum Gasteiger partial charge on any atom is -0.497 e. The van der Waals surface area contributed by atoms with Crippen LogP contribution in [0.1, 0.15) is 12.5 Å². The van der Waals surface area contributed by atoms with E-state index < -0.39 is 0 Å². The van der Waals surface area contributed by atoms with Crippen molar-refractivity contribution < 1.29 is 18.7 Å². The normalized spacial score (nSPS) is 12.0. The van der Waals surface area contributed by atoms with Gasteiger partial charge in [0, 0.05) is 17.6 Å². The fourth-order valence-corrected chi connectivity index (χ4v) is 2.45. The maximum Gasteiger partial charge on any atom is 0.309 e. The standard InChI is InChI=1S/C13H17FO3S/c1-9(13(15)17-3)7-18-8-10-4-5-11(16-2)6-12(10)14/h4-6,9H,7-8H2,1-3H3. The van der Waals surface area contributed by atoms with Crippen LogP contribution in [0.15, 0.2) is 18.2 Å². The lowest BCUT2D eigenvalue weighted by atomic mass is 10.2. The second kappa shape index (κ2) is 7.26. The number of hydrogen-bond donors (Lipinski definition) is 0. The number of thioether (sulfide) groups is 1. The van der Waals surface area contributed by atoms with Gasteiger partial charge in [-0.1, -0.05) is 13.0 Å². The molecule has 1 atom stereocenters. The Morgan fingerprint density at radius 1 is 1.44 bits per heavy atom. The molecular formula is C13H17FO3S. The molecule has 0 aliphatic rings. The first-order valence-electron chi connectivity index (χ1n) is 5.56. The lowest BCUT2D eigenvalue weighted by Crippen LogP contribution is -2.14. The smallest absolute Gasteiger partial charge is 0.309 e. The second-order valence-electron chi connectivity index (χ2n) is 3.90. The van der Waals surface area contributed by atoms with Crippen LogP contribution in [0.2, 0.25) is 0 Å². The lowest BCUT2D eigenvalue weighted by molar-refractivity contribution is -0.143. The second-order valence-corrected chi connectivity index (χ2v) is 4.93. The predicted molar refractivity (Wildman–Crippen MR) is 70.3 cm³/mol. The largest absolute Gasteiger partial charge is 0.497 e. The molecule has 0 heterocycles. The molecule has 0 spiro atoms. The van der Waals surface area contributed by atoms with E-state index in [-0.39, 0.29) is 17.7 Å². The van der Waals surface area contributed by atoms with Crippen molar-refractivity contribution in [1.82, 2.24) is 0 Å². The van der Waals surface area contributed by atoms with Gasteiger partial charge in [-0.15, -0.1) is 0 Å². The topological polar surface area (TPSA) is 35.5 Å². The van der Waals surface area contributed by atoms with Crippen LogP contribution in [-0.2, 0) is 15.3 Å². The quantitative estimate of drug-likeness (QED) is 0.746. The number of hydrogen-bond acceptors (Lipinski definition) is 4. The molecule has 1 unspecified atom stereocenters. The van der Waals surface area contributed by atoms with Gasteiger partial charge in [0.2, 0.25) is 0 Å². The fourth-order valence-electron chi connectivity index (χ4n) is 1.39. The average molecular weight is 272 g/mol. The van der Waals surface area contributed by atoms with Gasteiger partial charge in [-0.2, -0.15) is 11.8 Å². The number of rotatable bonds is 6. The van der Waals surface area contributed by atoms with E-state index >= 15 is 0 Å². The van der Waals surface area contributed by atoms with Crippen LogP contribution in [0, 0.1) is 11.7 Å². The monoisotopic (exact) mass is 272 g/mol. The molecule has 18 heavy (non-hydrogen) atoms. The van der Waals surface area contributed by atoms with Gasteiger partial charge >= 0.3 is 5.97 Å². The zero-order chi connectivity index (χ0) is 13.5. The molecule has 0 aliphatic carbocycles. The van der Waals surface area contributed by atoms with Crippen LogP contribution in [0.4, 0.5) is 4.39 Å². The van der Waals surface area contributed by atoms with Gasteiger partial charge in [0.15, 0.2) is 0 Å². The van der Waals surface area contributed by atoms with Gasteiger partial charge in [0.25, 0.3) is 0 Å². The number of methoxy groups -OCH3 is 2. The van der Waals surface area contributed by atoms with E-state index in [1.165, 1.54) is 32.0 Å². The summed E-state index contributed by atoms with van der Waals surface area (Å²) in [5.41, 5.74) is 0.609. The van der Waals surface area contributed by atoms with Crippen molar-refractivity contribution in [1.29, 1.82) is 0 Å². The summed E-state index contributed by atoms with van der Waals surface area (Å²) >= 11 is 1.50. The highest BCUT2D eigenvalue weighted by Gasteiger charge is 2.13. The van der Waals surface area contributed by atoms with E-state index in [1.807, 2.05) is 0 Å². The molecule has 0 aliphatic heterocycles. The number of benzene rings is 1. The summed E-state index contributed by atoms with van der Waals surface area (Å²) in [7, 11) is 2.87. The molecule has 0 bridgehead atoms. The maximum atomic E-state index is 13.6. The van der Waals surface area contributed by atoms with Crippen molar-refractivity contribution in [2.75, 3.05) is 20.0 Å². The molecule has 5 heteroatoms. The first-order valence-corrected chi connectivity index (χ1v) is 6.72. The number of ether oxygens (including phenoxy) is 2. The van der Waals surface area contributed by atoms with Gasteiger partial charge in [0.05, 0.1) is 20.1 Å². The molecule has 1 aromatic rings. The van der Waals surface area contributed by atoms with Crippen molar-refractivity contribution >= 4 is 17.7 Å². The van der Waals surface area contributed by atoms with E-state index in [0.29, 0.717) is 22.8 Å². The van der Waals surface area contributed by atoms with Crippen LogP contribution in [0.3, 0.4) is 0 Å². The van der Waals surface area contributed by atoms with Crippen LogP contribution < -0.4 is 4.74 Å². The summed E-state index contributed by atoms with van der Waals surface area (Å²) in [6, 6.07) is 4.78. The summed E-state index contributed by atoms with van der Waals surface area (Å²) in [5, 5.41) is 0. The first-order chi connectivity index (χ1) is 8.58. The van der Waals surface area contributed by atoms with E-state index in [9.17, 15) is 9.18 Å². The van der Waals surface area contributed by atoms with Gasteiger partial charge in [-0.25, -0.2) is 4.39 Å². The maximum absolute atomic E-state index is 13.6. The fraction of sp³-hybridized carbons (Fsp3) is 0.462. The highest BCUT2D eigenvalue weighted by molar-refractivity contribution is 7.98. The number of carbonyl (C=O) groups excluding carboxylic acids is 1. The zero-order valence-electron chi connectivity index (χ0n) is 10.7. The van der Waals surface area contributed by atoms with E-state index in [0.717, 1.165) is 0 Å². The van der Waals surface area contributed by atoms with Crippen LogP contribution >= 0.6 is 11.8 Å². The van der Waals surface area contributed by atoms with Crippen molar-refractivity contribution in [3.8, 4) is 5.75 Å². The van der Waals surface area contributed by atoms with Gasteiger partial charge < -0.3 is 9.47 Å². The molecule has 0 fully saturated rings. The Labute approximate surface area is 111 Å². The van der Waals surface area contributed by atoms with E-state index in [2.05, 4.69) is 4.74 Å². The summed E-state index contributed by atoms with van der Waals surface area (Å²) in [4.78, 5) is 11.2. The third kappa shape index (κ3) is 4.22. The SMILES string of the molecule is COC(=O)C(C)CSCc1ccc(OC)cc1F. The van der Waals surface area contributed by atoms with Gasteiger partial charge in [-0.05, 0) is 11.6 Å². The summed E-state index contributed by atoms with van der Waals surface area (Å²) in [5.74, 6) is 0.936. The third-order valence-electron chi connectivity index (χ3n) is 2.49. The Bertz CT molecular complexity index is 409. The zero-order valence-corrected chi connectivity index (χ0v) is 11.6. The Morgan fingerprint density at radius 2 is 2.17 bits per heavy atom. The highest BCUT2D eigenvalue weighted by atomic mass is 32.2. The molecule has 0 saturated carbocycles. The average Bonchev–Trinajstić information content (AvgIpc) is 2.39. The summed E-state index contributed by atoms with van der Waals surface area (Å²) in [6.07, 6.45) is 0. The minimum atomic E-state index is -0.285. The minimum absolute atomic E-state index is 0.179. The first kappa shape index (κ1) is 14.8. The molecular weight excluding hydrogens is 255 g/mol. The van der Waals surface area contributed by atoms with Crippen LogP contribution in [-0.4, -0.2) is 25.9 Å². The Morgan fingerprint density at radius 3 is 2.72 bits per heavy atom. The molecule has 3 nitrogen and oxygen atoms in total. The molecule has 0 saturated heterocycles. The lowest BCUT2D eigenvalue weighted by Gasteiger charge is -2.09. The molecule has 0 N–H and O–H groups in total. The summed E-state index contributed by atoms with van der Waals surface area (Å²) < 4.78 is 23.2. The molecule has 0 amide bonds. The Balaban J connectivity index is 2.46. The molecule has 1 aromatic carbocycles. The van der Waals surface area contributed by atoms with Crippen LogP contribution in [0.25, 0.3) is 0 Å². The van der Waals surface area contributed by atoms with Crippen molar-refractivity contribution in [2.45, 2.75) is 12.7 Å². The number of esters is 1. The summed E-state index contributed by atoms with van der Waals surface area (Å²) in [6.45, 7) is 1.79. The Kier molecular flexibility index (Phi) is 5.98. The number of carbonyl (C=O) groups is 1. The molecule has 0 radical (unpaired) electrons. The highest BCUT2D eigenvalue weighted by Crippen LogP contribution is 2.22. The van der Waals surface area contributed by atoms with Crippen LogP contribution in [0.5, 0.6) is 5.75 Å². The molecule has 1 rings (SSSR count). The number of halogens is 1. The molecule has 0 aromatic heterocycles. The van der Waals surface area contributed by atoms with Gasteiger partial charge in [0.1, 0.15) is 11.6 Å². The van der Waals surface area contributed by atoms with Crippen molar-refractivity contribution in [3.63, 3.8) is 0 Å². The van der Waals surface area contributed by atoms with Crippen molar-refractivity contribution in [3.05, 3.63) is 29.6 Å². The van der Waals surface area contributed by atoms with E-state index in [1.54, 1.807) is 19.1 Å². The predicted octanol–water partition coefficient (Wildman–Crippen LogP) is 2.88. The third-order valence-corrected chi connectivity index (χ3v) is 3.74. The van der Waals surface area contributed by atoms with Crippen molar-refractivity contribution in [2.24, 2.45) is 5.92 Å². The molecule has 100 valence electrons.